The smallest absolute Gasteiger partial charge is 0.234 e. The van der Waals surface area contributed by atoms with E-state index in [1.54, 1.807) is 31.4 Å². The summed E-state index contributed by atoms with van der Waals surface area (Å²) in [5.74, 6) is 1.72. The molecule has 0 aliphatic rings. The van der Waals surface area contributed by atoms with E-state index in [9.17, 15) is 10.1 Å². The number of carbonyl (C=O) groups excluding carboxylic acids is 1. The summed E-state index contributed by atoms with van der Waals surface area (Å²) in [7, 11) is 3.08. The van der Waals surface area contributed by atoms with Gasteiger partial charge in [-0.25, -0.2) is 4.98 Å². The lowest BCUT2D eigenvalue weighted by molar-refractivity contribution is -0.113. The Morgan fingerprint density at radius 3 is 2.63 bits per heavy atom. The standard InChI is InChI=1S/C22H21N3O4S/c1-4-29-17-6-7-18-14(10-17)9-15(12-23)22(25-18)30-13-21(26)24-16-5-8-19(27-2)20(11-16)28-3/h5-11H,4,13H2,1-3H3,(H,24,26). The summed E-state index contributed by atoms with van der Waals surface area (Å²) in [4.78, 5) is 16.9. The molecule has 0 saturated heterocycles. The minimum absolute atomic E-state index is 0.110. The van der Waals surface area contributed by atoms with Crippen LogP contribution in [0.25, 0.3) is 10.9 Å². The molecule has 0 bridgehead atoms. The fourth-order valence-corrected chi connectivity index (χ4v) is 3.59. The van der Waals surface area contributed by atoms with E-state index in [4.69, 9.17) is 14.2 Å². The third-order valence-electron chi connectivity index (χ3n) is 4.19. The van der Waals surface area contributed by atoms with Crippen LogP contribution in [0.1, 0.15) is 12.5 Å². The quantitative estimate of drug-likeness (QED) is 0.541. The molecule has 8 heteroatoms. The highest BCUT2D eigenvalue weighted by molar-refractivity contribution is 8.00. The first-order valence-electron chi connectivity index (χ1n) is 9.20. The molecule has 0 fully saturated rings. The molecule has 154 valence electrons. The molecule has 0 spiro atoms. The van der Waals surface area contributed by atoms with Gasteiger partial charge in [-0.2, -0.15) is 5.26 Å². The van der Waals surface area contributed by atoms with Gasteiger partial charge in [0.2, 0.25) is 5.91 Å². The summed E-state index contributed by atoms with van der Waals surface area (Å²) in [5, 5.41) is 13.6. The summed E-state index contributed by atoms with van der Waals surface area (Å²) in [6, 6.07) is 14.6. The van der Waals surface area contributed by atoms with E-state index in [-0.39, 0.29) is 11.7 Å². The first-order chi connectivity index (χ1) is 14.6. The molecule has 7 nitrogen and oxygen atoms in total. The predicted molar refractivity (Wildman–Crippen MR) is 117 cm³/mol. The lowest BCUT2D eigenvalue weighted by Crippen LogP contribution is -2.14. The van der Waals surface area contributed by atoms with Crippen LogP contribution < -0.4 is 19.5 Å². The van der Waals surface area contributed by atoms with Crippen LogP contribution in [0.4, 0.5) is 5.69 Å². The molecule has 0 saturated carbocycles. The molecule has 30 heavy (non-hydrogen) atoms. The molecule has 1 amide bonds. The molecule has 2 aromatic carbocycles. The topological polar surface area (TPSA) is 93.5 Å². The Labute approximate surface area is 179 Å². The molecule has 1 N–H and O–H groups in total. The number of nitrogens with one attached hydrogen (secondary N) is 1. The van der Waals surface area contributed by atoms with Crippen LogP contribution in [0.15, 0.2) is 47.5 Å². The Hall–Kier alpha value is -3.44. The Morgan fingerprint density at radius 1 is 1.13 bits per heavy atom. The van der Waals surface area contributed by atoms with Gasteiger partial charge in [0, 0.05) is 17.1 Å². The molecular weight excluding hydrogens is 402 g/mol. The Bertz CT molecular complexity index is 1110. The van der Waals surface area contributed by atoms with Crippen molar-refractivity contribution in [3.05, 3.63) is 48.0 Å². The molecule has 0 unspecified atom stereocenters. The van der Waals surface area contributed by atoms with Crippen LogP contribution in [-0.4, -0.2) is 37.5 Å². The second kappa shape index (κ2) is 9.85. The van der Waals surface area contributed by atoms with Crippen molar-refractivity contribution in [3.63, 3.8) is 0 Å². The van der Waals surface area contributed by atoms with Gasteiger partial charge >= 0.3 is 0 Å². The molecule has 0 atom stereocenters. The van der Waals surface area contributed by atoms with E-state index in [0.29, 0.717) is 34.4 Å². The predicted octanol–water partition coefficient (Wildman–Crippen LogP) is 4.25. The fourth-order valence-electron chi connectivity index (χ4n) is 2.83. The van der Waals surface area contributed by atoms with Gasteiger partial charge in [-0.1, -0.05) is 11.8 Å². The van der Waals surface area contributed by atoms with Crippen LogP contribution in [0.2, 0.25) is 0 Å². The molecule has 0 aliphatic carbocycles. The maximum atomic E-state index is 12.4. The van der Waals surface area contributed by atoms with Crippen molar-refractivity contribution in [3.8, 4) is 23.3 Å². The van der Waals surface area contributed by atoms with Crippen LogP contribution in [0.5, 0.6) is 17.2 Å². The minimum atomic E-state index is -0.218. The maximum Gasteiger partial charge on any atom is 0.234 e. The maximum absolute atomic E-state index is 12.4. The zero-order chi connectivity index (χ0) is 21.5. The SMILES string of the molecule is CCOc1ccc2nc(SCC(=O)Nc3ccc(OC)c(OC)c3)c(C#N)cc2c1. The number of nitrogens with zero attached hydrogens (tertiary/aromatic N) is 2. The Balaban J connectivity index is 1.72. The largest absolute Gasteiger partial charge is 0.494 e. The van der Waals surface area contributed by atoms with Crippen molar-refractivity contribution in [2.75, 3.05) is 31.9 Å². The van der Waals surface area contributed by atoms with Crippen molar-refractivity contribution < 1.29 is 19.0 Å². The van der Waals surface area contributed by atoms with Gasteiger partial charge in [0.1, 0.15) is 16.8 Å². The fraction of sp³-hybridized carbons (Fsp3) is 0.227. The minimum Gasteiger partial charge on any atom is -0.494 e. The van der Waals surface area contributed by atoms with Gasteiger partial charge in [-0.05, 0) is 43.3 Å². The van der Waals surface area contributed by atoms with Gasteiger partial charge in [0.05, 0.1) is 37.7 Å². The van der Waals surface area contributed by atoms with Crippen molar-refractivity contribution in [2.45, 2.75) is 11.9 Å². The van der Waals surface area contributed by atoms with E-state index in [1.165, 1.54) is 18.9 Å². The van der Waals surface area contributed by atoms with Crippen LogP contribution in [0.3, 0.4) is 0 Å². The number of hydrogen-bond donors (Lipinski definition) is 1. The van der Waals surface area contributed by atoms with Gasteiger partial charge in [0.15, 0.2) is 11.5 Å². The number of pyridine rings is 1. The average Bonchev–Trinajstić information content (AvgIpc) is 2.77. The molecule has 0 radical (unpaired) electrons. The van der Waals surface area contributed by atoms with Gasteiger partial charge in [-0.3, -0.25) is 4.79 Å². The highest BCUT2D eigenvalue weighted by atomic mass is 32.2. The number of carbonyl (C=O) groups is 1. The van der Waals surface area contributed by atoms with E-state index in [0.717, 1.165) is 16.7 Å². The monoisotopic (exact) mass is 423 g/mol. The number of amides is 1. The lowest BCUT2D eigenvalue weighted by Gasteiger charge is -2.11. The van der Waals surface area contributed by atoms with Crippen molar-refractivity contribution in [2.24, 2.45) is 0 Å². The van der Waals surface area contributed by atoms with Gasteiger partial charge < -0.3 is 19.5 Å². The van der Waals surface area contributed by atoms with Crippen molar-refractivity contribution in [1.82, 2.24) is 4.98 Å². The number of thioether (sulfide) groups is 1. The molecular formula is C22H21N3O4S. The summed E-state index contributed by atoms with van der Waals surface area (Å²) in [6.45, 7) is 2.48. The van der Waals surface area contributed by atoms with Crippen molar-refractivity contribution in [1.29, 1.82) is 5.26 Å². The van der Waals surface area contributed by atoms with Crippen LogP contribution >= 0.6 is 11.8 Å². The third kappa shape index (κ3) is 4.93. The van der Waals surface area contributed by atoms with E-state index < -0.39 is 0 Å². The number of nitriles is 1. The number of ether oxygens (including phenoxy) is 3. The molecule has 1 aromatic heterocycles. The van der Waals surface area contributed by atoms with E-state index in [2.05, 4.69) is 16.4 Å². The zero-order valence-corrected chi connectivity index (χ0v) is 17.7. The molecule has 0 aliphatic heterocycles. The number of rotatable bonds is 8. The van der Waals surface area contributed by atoms with Gasteiger partial charge in [0.25, 0.3) is 0 Å². The summed E-state index contributed by atoms with van der Waals surface area (Å²) < 4.78 is 15.9. The van der Waals surface area contributed by atoms with Crippen LogP contribution in [0, 0.1) is 11.3 Å². The summed E-state index contributed by atoms with van der Waals surface area (Å²) in [6.07, 6.45) is 0. The molecule has 1 heterocycles. The number of aromatic nitrogens is 1. The second-order valence-corrected chi connectivity index (χ2v) is 7.11. The summed E-state index contributed by atoms with van der Waals surface area (Å²) in [5.41, 5.74) is 1.74. The Morgan fingerprint density at radius 2 is 1.93 bits per heavy atom. The molecule has 3 aromatic rings. The number of hydrogen-bond acceptors (Lipinski definition) is 7. The first kappa shape index (κ1) is 21.3. The number of benzene rings is 2. The molecule has 3 rings (SSSR count). The van der Waals surface area contributed by atoms with E-state index >= 15 is 0 Å². The van der Waals surface area contributed by atoms with Gasteiger partial charge in [-0.15, -0.1) is 0 Å². The highest BCUT2D eigenvalue weighted by Gasteiger charge is 2.12. The second-order valence-electron chi connectivity index (χ2n) is 6.15. The van der Waals surface area contributed by atoms with Crippen LogP contribution in [-0.2, 0) is 4.79 Å². The normalized spacial score (nSPS) is 10.3. The lowest BCUT2D eigenvalue weighted by atomic mass is 10.1. The number of methoxy groups -OCH3 is 2. The number of anilines is 1. The Kier molecular flexibility index (Phi) is 6.99. The third-order valence-corrected chi connectivity index (χ3v) is 5.18. The van der Waals surface area contributed by atoms with E-state index in [1.807, 2.05) is 25.1 Å². The zero-order valence-electron chi connectivity index (χ0n) is 16.9. The number of fused-ring (bicyclic) bond motifs is 1. The highest BCUT2D eigenvalue weighted by Crippen LogP contribution is 2.30. The van der Waals surface area contributed by atoms with Crippen molar-refractivity contribution >= 4 is 34.3 Å². The average molecular weight is 423 g/mol. The summed E-state index contributed by atoms with van der Waals surface area (Å²) >= 11 is 1.21. The first-order valence-corrected chi connectivity index (χ1v) is 10.2.